The predicted molar refractivity (Wildman–Crippen MR) is 162 cm³/mol. The van der Waals surface area contributed by atoms with Crippen LogP contribution in [0.3, 0.4) is 0 Å². The highest BCUT2D eigenvalue weighted by Gasteiger charge is 2.52. The Labute approximate surface area is 250 Å². The molecule has 1 heterocycles. The van der Waals surface area contributed by atoms with Gasteiger partial charge in [-0.15, -0.1) is 6.58 Å². The Morgan fingerprint density at radius 2 is 1.80 bits per heavy atom. The molecule has 2 aliphatic rings. The van der Waals surface area contributed by atoms with Gasteiger partial charge in [-0.1, -0.05) is 57.5 Å². The van der Waals surface area contributed by atoms with Crippen LogP contribution < -0.4 is 5.32 Å². The summed E-state index contributed by atoms with van der Waals surface area (Å²) in [4.78, 5) is 43.0. The first-order chi connectivity index (χ1) is 18.9. The van der Waals surface area contributed by atoms with Crippen LogP contribution in [-0.4, -0.2) is 68.1 Å². The van der Waals surface area contributed by atoms with E-state index >= 15 is 0 Å². The maximum atomic E-state index is 13.8. The Kier molecular flexibility index (Phi) is 9.61. The zero-order valence-electron chi connectivity index (χ0n) is 25.7. The minimum atomic E-state index is -1.13. The Balaban J connectivity index is 1.76. The highest BCUT2D eigenvalue weighted by atomic mass is 35.5. The number of nitrogens with zero attached hydrogens (tertiary/aromatic N) is 2. The van der Waals surface area contributed by atoms with Crippen molar-refractivity contribution < 1.29 is 24.6 Å². The fourth-order valence-electron chi connectivity index (χ4n) is 7.03. The number of benzene rings is 1. The lowest BCUT2D eigenvalue weighted by molar-refractivity contribution is -0.157. The molecule has 3 amide bonds. The second-order valence-corrected chi connectivity index (χ2v) is 14.4. The molecule has 8 nitrogen and oxygen atoms in total. The molecular formula is C32H48ClN3O5. The minimum absolute atomic E-state index is 0.156. The molecule has 1 aromatic carbocycles. The SMILES string of the molecule is C=CCC1(N(C(=O)O)C(C)(C)C)CC[C@@H](C(=O)N[C@@H](C(=O)N2CC[C@](O)(c3ccc(Cl)cc3)C(C)(C)C2)C(C)C)C1. The third-order valence-corrected chi connectivity index (χ3v) is 9.38. The first-order valence-electron chi connectivity index (χ1n) is 14.6. The van der Waals surface area contributed by atoms with E-state index in [4.69, 9.17) is 11.6 Å². The van der Waals surface area contributed by atoms with Crippen LogP contribution in [-0.2, 0) is 15.2 Å². The minimum Gasteiger partial charge on any atom is -0.465 e. The van der Waals surface area contributed by atoms with Crippen molar-refractivity contribution in [3.8, 4) is 0 Å². The van der Waals surface area contributed by atoms with Crippen LogP contribution in [0.4, 0.5) is 4.79 Å². The lowest BCUT2D eigenvalue weighted by atomic mass is 9.66. The fraction of sp³-hybridized carbons (Fsp3) is 0.656. The van der Waals surface area contributed by atoms with Crippen molar-refractivity contribution in [3.63, 3.8) is 0 Å². The molecule has 0 spiro atoms. The second-order valence-electron chi connectivity index (χ2n) is 13.9. The number of rotatable bonds is 8. The quantitative estimate of drug-likeness (QED) is 0.331. The first kappa shape index (κ1) is 32.9. The number of hydrogen-bond donors (Lipinski definition) is 3. The topological polar surface area (TPSA) is 110 Å². The molecule has 4 atom stereocenters. The van der Waals surface area contributed by atoms with Gasteiger partial charge < -0.3 is 20.4 Å². The van der Waals surface area contributed by atoms with Gasteiger partial charge >= 0.3 is 6.09 Å². The zero-order valence-corrected chi connectivity index (χ0v) is 26.4. The second kappa shape index (κ2) is 12.0. The molecular weight excluding hydrogens is 542 g/mol. The van der Waals surface area contributed by atoms with E-state index < -0.39 is 40.1 Å². The summed E-state index contributed by atoms with van der Waals surface area (Å²) in [5.74, 6) is -0.968. The van der Waals surface area contributed by atoms with Gasteiger partial charge in [0.15, 0.2) is 0 Å². The fourth-order valence-corrected chi connectivity index (χ4v) is 7.16. The monoisotopic (exact) mass is 589 g/mol. The number of carboxylic acid groups (broad SMARTS) is 1. The molecule has 41 heavy (non-hydrogen) atoms. The van der Waals surface area contributed by atoms with Gasteiger partial charge in [-0.05, 0) is 76.5 Å². The van der Waals surface area contributed by atoms with E-state index in [9.17, 15) is 24.6 Å². The molecule has 1 aliphatic heterocycles. The third kappa shape index (κ3) is 6.59. The standard InChI is InChI=1S/C32H48ClN3O5/c1-9-15-31(36(28(39)40)29(4,5)6)16-14-22(19-31)26(37)34-25(21(2)3)27(38)35-18-17-32(41,30(7,8)20-35)23-10-12-24(33)13-11-23/h9-13,21-22,25,41H,1,14-20H2,2-8H3,(H,34,37)(H,39,40)/t22-,25-,31?,32+/m1/s1. The van der Waals surface area contributed by atoms with Crippen molar-refractivity contribution in [2.75, 3.05) is 13.1 Å². The smallest absolute Gasteiger partial charge is 0.408 e. The number of carbonyl (C=O) groups is 3. The first-order valence-corrected chi connectivity index (χ1v) is 15.0. The summed E-state index contributed by atoms with van der Waals surface area (Å²) in [7, 11) is 0. The number of halogens is 1. The average Bonchev–Trinajstić information content (AvgIpc) is 3.27. The predicted octanol–water partition coefficient (Wildman–Crippen LogP) is 5.82. The van der Waals surface area contributed by atoms with Gasteiger partial charge in [0, 0.05) is 35.0 Å². The van der Waals surface area contributed by atoms with Gasteiger partial charge in [0.05, 0.1) is 11.1 Å². The van der Waals surface area contributed by atoms with Crippen LogP contribution in [0.2, 0.25) is 5.02 Å². The van der Waals surface area contributed by atoms with Crippen molar-refractivity contribution in [1.82, 2.24) is 15.1 Å². The van der Waals surface area contributed by atoms with Crippen LogP contribution in [0.1, 0.15) is 86.1 Å². The number of hydrogen-bond acceptors (Lipinski definition) is 4. The summed E-state index contributed by atoms with van der Waals surface area (Å²) in [5, 5.41) is 25.5. The van der Waals surface area contributed by atoms with E-state index in [0.29, 0.717) is 50.2 Å². The number of nitrogens with one attached hydrogen (secondary N) is 1. The Morgan fingerprint density at radius 1 is 1.20 bits per heavy atom. The number of piperidine rings is 1. The lowest BCUT2D eigenvalue weighted by Gasteiger charge is -2.51. The van der Waals surface area contributed by atoms with Crippen LogP contribution >= 0.6 is 11.6 Å². The molecule has 0 radical (unpaired) electrons. The normalized spacial score (nSPS) is 26.9. The molecule has 1 aliphatic carbocycles. The van der Waals surface area contributed by atoms with Crippen LogP contribution in [0.5, 0.6) is 0 Å². The maximum Gasteiger partial charge on any atom is 0.408 e. The van der Waals surface area contributed by atoms with E-state index in [2.05, 4.69) is 11.9 Å². The molecule has 1 aromatic rings. The molecule has 9 heteroatoms. The van der Waals surface area contributed by atoms with Gasteiger partial charge in [0.25, 0.3) is 0 Å². The molecule has 1 unspecified atom stereocenters. The molecule has 2 fully saturated rings. The summed E-state index contributed by atoms with van der Waals surface area (Å²) in [6.45, 7) is 17.8. The van der Waals surface area contributed by atoms with Crippen LogP contribution in [0, 0.1) is 17.3 Å². The lowest BCUT2D eigenvalue weighted by Crippen LogP contribution is -2.61. The van der Waals surface area contributed by atoms with E-state index in [1.54, 1.807) is 23.1 Å². The Morgan fingerprint density at radius 3 is 2.29 bits per heavy atom. The highest BCUT2D eigenvalue weighted by molar-refractivity contribution is 6.30. The molecule has 0 aromatic heterocycles. The molecule has 1 saturated heterocycles. The Bertz CT molecular complexity index is 1140. The summed E-state index contributed by atoms with van der Waals surface area (Å²) in [6, 6.07) is 6.45. The van der Waals surface area contributed by atoms with Crippen molar-refractivity contribution >= 4 is 29.5 Å². The van der Waals surface area contributed by atoms with Gasteiger partial charge in [-0.25, -0.2) is 4.79 Å². The van der Waals surface area contributed by atoms with Crippen molar-refractivity contribution in [3.05, 3.63) is 47.5 Å². The number of carbonyl (C=O) groups excluding carboxylic acids is 2. The number of likely N-dealkylation sites (tertiary alicyclic amines) is 1. The molecule has 3 N–H and O–H groups in total. The van der Waals surface area contributed by atoms with E-state index in [1.807, 2.05) is 60.6 Å². The number of amides is 3. The van der Waals surface area contributed by atoms with E-state index in [1.165, 1.54) is 4.90 Å². The summed E-state index contributed by atoms with van der Waals surface area (Å²) in [5.41, 5.74) is -2.39. The van der Waals surface area contributed by atoms with Crippen molar-refractivity contribution in [1.29, 1.82) is 0 Å². The van der Waals surface area contributed by atoms with Crippen molar-refractivity contribution in [2.45, 2.75) is 103 Å². The van der Waals surface area contributed by atoms with Crippen LogP contribution in [0.15, 0.2) is 36.9 Å². The zero-order chi connectivity index (χ0) is 31.0. The molecule has 228 valence electrons. The van der Waals surface area contributed by atoms with E-state index in [-0.39, 0.29) is 17.7 Å². The summed E-state index contributed by atoms with van der Waals surface area (Å²) in [6.07, 6.45) is 2.97. The van der Waals surface area contributed by atoms with E-state index in [0.717, 1.165) is 5.56 Å². The van der Waals surface area contributed by atoms with Gasteiger partial charge in [0.2, 0.25) is 11.8 Å². The molecule has 0 bridgehead atoms. The van der Waals surface area contributed by atoms with Gasteiger partial charge in [-0.2, -0.15) is 0 Å². The van der Waals surface area contributed by atoms with Crippen LogP contribution in [0.25, 0.3) is 0 Å². The van der Waals surface area contributed by atoms with Crippen molar-refractivity contribution in [2.24, 2.45) is 17.3 Å². The van der Waals surface area contributed by atoms with Gasteiger partial charge in [0.1, 0.15) is 6.04 Å². The largest absolute Gasteiger partial charge is 0.465 e. The maximum absolute atomic E-state index is 13.8. The average molecular weight is 590 g/mol. The third-order valence-electron chi connectivity index (χ3n) is 9.13. The summed E-state index contributed by atoms with van der Waals surface area (Å²) >= 11 is 6.06. The molecule has 3 rings (SSSR count). The van der Waals surface area contributed by atoms with Gasteiger partial charge in [-0.3, -0.25) is 14.5 Å². The molecule has 1 saturated carbocycles. The summed E-state index contributed by atoms with van der Waals surface area (Å²) < 4.78 is 0. The Hall–Kier alpha value is -2.58. The number of aliphatic hydroxyl groups is 1. The highest BCUT2D eigenvalue weighted by Crippen LogP contribution is 2.47.